The Morgan fingerprint density at radius 1 is 1.48 bits per heavy atom. The molecule has 1 aromatic rings. The molecule has 1 heterocycles. The van der Waals surface area contributed by atoms with Crippen molar-refractivity contribution in [1.29, 1.82) is 0 Å². The van der Waals surface area contributed by atoms with Crippen LogP contribution in [0.4, 0.5) is 5.69 Å². The number of nitrogens with one attached hydrogen (secondary N) is 1. The fraction of sp³-hybridized carbons (Fsp3) is 0.529. The number of hydrogen-bond acceptors (Lipinski definition) is 3. The summed E-state index contributed by atoms with van der Waals surface area (Å²) in [6, 6.07) is 7.54. The minimum absolute atomic E-state index is 0.155. The van der Waals surface area contributed by atoms with Crippen molar-refractivity contribution >= 4 is 33.4 Å². The monoisotopic (exact) mass is 381 g/mol. The molecule has 2 amide bonds. The quantitative estimate of drug-likeness (QED) is 0.768. The molecule has 23 heavy (non-hydrogen) atoms. The lowest BCUT2D eigenvalue weighted by Gasteiger charge is -2.34. The van der Waals surface area contributed by atoms with E-state index >= 15 is 0 Å². The summed E-state index contributed by atoms with van der Waals surface area (Å²) >= 11 is 3.46. The second-order valence-electron chi connectivity index (χ2n) is 6.55. The first-order chi connectivity index (χ1) is 10.8. The number of halogens is 1. The maximum atomic E-state index is 12.7. The molecule has 1 fully saturated rings. The molecule has 2 atom stereocenters. The summed E-state index contributed by atoms with van der Waals surface area (Å²) < 4.78 is 0.850. The molecule has 1 aliphatic rings. The number of carbonyl (C=O) groups is 2. The lowest BCUT2D eigenvalue weighted by atomic mass is 9.87. The van der Waals surface area contributed by atoms with E-state index in [0.717, 1.165) is 10.2 Å². The summed E-state index contributed by atoms with van der Waals surface area (Å²) in [5, 5.41) is 2.98. The Bertz CT molecular complexity index is 605. The van der Waals surface area contributed by atoms with Crippen LogP contribution in [0, 0.1) is 11.8 Å². The summed E-state index contributed by atoms with van der Waals surface area (Å²) in [5.74, 6) is -0.845. The molecule has 1 saturated heterocycles. The van der Waals surface area contributed by atoms with E-state index in [1.54, 1.807) is 4.90 Å². The molecule has 0 radical (unpaired) electrons. The molecule has 5 nitrogen and oxygen atoms in total. The van der Waals surface area contributed by atoms with Gasteiger partial charge in [-0.15, -0.1) is 0 Å². The fourth-order valence-electron chi connectivity index (χ4n) is 2.63. The van der Waals surface area contributed by atoms with Crippen LogP contribution in [-0.4, -0.2) is 30.4 Å². The van der Waals surface area contributed by atoms with Crippen molar-refractivity contribution in [2.75, 3.05) is 18.0 Å². The number of amides is 2. The molecule has 126 valence electrons. The van der Waals surface area contributed by atoms with E-state index in [2.05, 4.69) is 21.2 Å². The van der Waals surface area contributed by atoms with Crippen LogP contribution in [0.3, 0.4) is 0 Å². The number of carbonyl (C=O) groups excluding carboxylic acids is 2. The van der Waals surface area contributed by atoms with E-state index in [1.165, 1.54) is 0 Å². The number of nitrogens with zero attached hydrogens (tertiary/aromatic N) is 1. The number of para-hydroxylation sites is 1. The zero-order valence-electron chi connectivity index (χ0n) is 13.8. The van der Waals surface area contributed by atoms with Gasteiger partial charge in [0.05, 0.1) is 11.2 Å². The molecule has 0 aromatic heterocycles. The summed E-state index contributed by atoms with van der Waals surface area (Å²) in [6.07, 6.45) is 0.519. The van der Waals surface area contributed by atoms with Gasteiger partial charge in [-0.1, -0.05) is 26.0 Å². The average molecular weight is 382 g/mol. The third kappa shape index (κ3) is 3.58. The van der Waals surface area contributed by atoms with Gasteiger partial charge in [0.15, 0.2) is 0 Å². The van der Waals surface area contributed by atoms with Crippen LogP contribution in [0.5, 0.6) is 0 Å². The first kappa shape index (κ1) is 17.9. The van der Waals surface area contributed by atoms with Crippen LogP contribution >= 0.6 is 15.9 Å². The average Bonchev–Trinajstić information content (AvgIpc) is 2.89. The van der Waals surface area contributed by atoms with Crippen LogP contribution in [0.15, 0.2) is 28.7 Å². The molecular formula is C17H24BrN3O2. The topological polar surface area (TPSA) is 75.4 Å². The molecule has 2 rings (SSSR count). The molecule has 2 unspecified atom stereocenters. The highest BCUT2D eigenvalue weighted by atomic mass is 79.9. The van der Waals surface area contributed by atoms with Crippen LogP contribution < -0.4 is 16.0 Å². The van der Waals surface area contributed by atoms with E-state index in [9.17, 15) is 9.59 Å². The molecule has 3 N–H and O–H groups in total. The highest BCUT2D eigenvalue weighted by Gasteiger charge is 2.40. The van der Waals surface area contributed by atoms with Crippen molar-refractivity contribution in [3.8, 4) is 0 Å². The number of hydrogen-bond donors (Lipinski definition) is 2. The van der Waals surface area contributed by atoms with Crippen LogP contribution in [0.2, 0.25) is 0 Å². The van der Waals surface area contributed by atoms with Gasteiger partial charge in [0.2, 0.25) is 11.8 Å². The smallest absolute Gasteiger partial charge is 0.239 e. The second-order valence-corrected chi connectivity index (χ2v) is 7.40. The van der Waals surface area contributed by atoms with Crippen molar-refractivity contribution in [3.05, 3.63) is 28.7 Å². The first-order valence-corrected chi connectivity index (χ1v) is 8.67. The van der Waals surface area contributed by atoms with E-state index in [4.69, 9.17) is 5.73 Å². The Labute approximate surface area is 145 Å². The lowest BCUT2D eigenvalue weighted by molar-refractivity contribution is -0.133. The zero-order chi connectivity index (χ0) is 17.2. The Morgan fingerprint density at radius 3 is 2.70 bits per heavy atom. The fourth-order valence-corrected chi connectivity index (χ4v) is 3.13. The van der Waals surface area contributed by atoms with E-state index in [0.29, 0.717) is 19.5 Å². The van der Waals surface area contributed by atoms with Crippen LogP contribution in [0.25, 0.3) is 0 Å². The maximum Gasteiger partial charge on any atom is 0.239 e. The third-order valence-corrected chi connectivity index (χ3v) is 5.44. The van der Waals surface area contributed by atoms with Gasteiger partial charge < -0.3 is 16.0 Å². The van der Waals surface area contributed by atoms with Gasteiger partial charge in [-0.3, -0.25) is 9.59 Å². The molecule has 0 saturated carbocycles. The summed E-state index contributed by atoms with van der Waals surface area (Å²) in [4.78, 5) is 26.9. The van der Waals surface area contributed by atoms with Crippen molar-refractivity contribution in [3.63, 3.8) is 0 Å². The number of nitrogens with two attached hydrogens (primary N) is 1. The SMILES string of the molecule is CC(C)C(C)(CN)NC(=O)C1CCN(c2ccccc2Br)C1=O. The molecule has 0 aliphatic carbocycles. The van der Waals surface area contributed by atoms with Gasteiger partial charge in [0.1, 0.15) is 5.92 Å². The molecule has 0 spiro atoms. The van der Waals surface area contributed by atoms with E-state index in [-0.39, 0.29) is 17.7 Å². The largest absolute Gasteiger partial charge is 0.349 e. The highest BCUT2D eigenvalue weighted by molar-refractivity contribution is 9.10. The number of benzene rings is 1. The number of anilines is 1. The Hall–Kier alpha value is -1.40. The standard InChI is InChI=1S/C17H24BrN3O2/c1-11(2)17(3,10-19)20-15(22)12-8-9-21(16(12)23)14-7-5-4-6-13(14)18/h4-7,11-12H,8-10,19H2,1-3H3,(H,20,22). The summed E-state index contributed by atoms with van der Waals surface area (Å²) in [7, 11) is 0. The van der Waals surface area contributed by atoms with Crippen molar-refractivity contribution in [2.24, 2.45) is 17.6 Å². The van der Waals surface area contributed by atoms with E-state index < -0.39 is 11.5 Å². The minimum atomic E-state index is -0.647. The third-order valence-electron chi connectivity index (χ3n) is 4.77. The Morgan fingerprint density at radius 2 is 2.13 bits per heavy atom. The number of rotatable bonds is 5. The molecular weight excluding hydrogens is 358 g/mol. The molecule has 0 bridgehead atoms. The molecule has 1 aliphatic heterocycles. The Kier molecular flexibility index (Phi) is 5.47. The van der Waals surface area contributed by atoms with Crippen LogP contribution in [-0.2, 0) is 9.59 Å². The van der Waals surface area contributed by atoms with E-state index in [1.807, 2.05) is 45.0 Å². The van der Waals surface area contributed by atoms with Gasteiger partial charge in [-0.05, 0) is 47.3 Å². The predicted octanol–water partition coefficient (Wildman–Crippen LogP) is 2.29. The first-order valence-electron chi connectivity index (χ1n) is 7.88. The van der Waals surface area contributed by atoms with Gasteiger partial charge >= 0.3 is 0 Å². The second kappa shape index (κ2) is 7.01. The predicted molar refractivity (Wildman–Crippen MR) is 95.0 cm³/mol. The summed E-state index contributed by atoms with van der Waals surface area (Å²) in [5.41, 5.74) is 6.11. The normalized spacial score (nSPS) is 20.7. The van der Waals surface area contributed by atoms with Crippen molar-refractivity contribution < 1.29 is 9.59 Å². The zero-order valence-corrected chi connectivity index (χ0v) is 15.4. The lowest BCUT2D eigenvalue weighted by Crippen LogP contribution is -2.57. The van der Waals surface area contributed by atoms with Gasteiger partial charge in [-0.25, -0.2) is 0 Å². The summed E-state index contributed by atoms with van der Waals surface area (Å²) in [6.45, 7) is 6.82. The maximum absolute atomic E-state index is 12.7. The van der Waals surface area contributed by atoms with Crippen molar-refractivity contribution in [2.45, 2.75) is 32.7 Å². The highest BCUT2D eigenvalue weighted by Crippen LogP contribution is 2.31. The molecule has 6 heteroatoms. The van der Waals surface area contributed by atoms with Gasteiger partial charge in [-0.2, -0.15) is 0 Å². The van der Waals surface area contributed by atoms with Crippen molar-refractivity contribution in [1.82, 2.24) is 5.32 Å². The van der Waals surface area contributed by atoms with Gasteiger partial charge in [0, 0.05) is 17.6 Å². The minimum Gasteiger partial charge on any atom is -0.349 e. The molecule has 1 aromatic carbocycles. The Balaban J connectivity index is 2.13. The van der Waals surface area contributed by atoms with Gasteiger partial charge in [0.25, 0.3) is 0 Å². The van der Waals surface area contributed by atoms with Crippen LogP contribution in [0.1, 0.15) is 27.2 Å².